The molecule has 0 radical (unpaired) electrons. The topological polar surface area (TPSA) is 78.5 Å². The van der Waals surface area contributed by atoms with Crippen LogP contribution in [-0.4, -0.2) is 29.2 Å². The second-order valence-electron chi connectivity index (χ2n) is 6.50. The smallest absolute Gasteiger partial charge is 0.243 e. The molecule has 0 saturated carbocycles. The van der Waals surface area contributed by atoms with Gasteiger partial charge in [0.05, 0.1) is 12.3 Å². The maximum absolute atomic E-state index is 12.3. The minimum atomic E-state index is -0.475. The fourth-order valence-corrected chi connectivity index (χ4v) is 3.10. The maximum atomic E-state index is 12.3. The molecule has 1 saturated heterocycles. The molecule has 7 heteroatoms. The van der Waals surface area contributed by atoms with Crippen LogP contribution >= 0.6 is 11.6 Å². The van der Waals surface area contributed by atoms with E-state index in [1.165, 1.54) is 0 Å². The third-order valence-electron chi connectivity index (χ3n) is 4.40. The van der Waals surface area contributed by atoms with Crippen LogP contribution in [0.25, 0.3) is 0 Å². The molecule has 6 nitrogen and oxygen atoms in total. The van der Waals surface area contributed by atoms with Crippen molar-refractivity contribution in [3.8, 4) is 0 Å². The van der Waals surface area contributed by atoms with E-state index in [4.69, 9.17) is 11.6 Å². The van der Waals surface area contributed by atoms with Crippen molar-refractivity contribution < 1.29 is 14.4 Å². The van der Waals surface area contributed by atoms with Crippen LogP contribution in [0.15, 0.2) is 54.6 Å². The van der Waals surface area contributed by atoms with Crippen LogP contribution in [-0.2, 0) is 27.3 Å². The molecule has 0 spiro atoms. The van der Waals surface area contributed by atoms with Gasteiger partial charge in [-0.1, -0.05) is 54.1 Å². The number of likely N-dealkylation sites (tertiary alicyclic amines) is 1. The Kier molecular flexibility index (Phi) is 6.08. The monoisotopic (exact) mass is 385 g/mol. The summed E-state index contributed by atoms with van der Waals surface area (Å²) in [6.45, 7) is 0.818. The maximum Gasteiger partial charge on any atom is 0.243 e. The van der Waals surface area contributed by atoms with Gasteiger partial charge in [-0.15, -0.1) is 0 Å². The fraction of sp³-hybridized carbons (Fsp3) is 0.250. The molecule has 2 aromatic rings. The highest BCUT2D eigenvalue weighted by Crippen LogP contribution is 2.20. The van der Waals surface area contributed by atoms with E-state index in [9.17, 15) is 14.4 Å². The van der Waals surface area contributed by atoms with Crippen molar-refractivity contribution >= 4 is 29.3 Å². The summed E-state index contributed by atoms with van der Waals surface area (Å²) < 4.78 is 0. The SMILES string of the molecule is O=C(Cc1ccc(Cl)cc1)NNC(=O)C1CC(=O)N(Cc2ccccc2)C1. The van der Waals surface area contributed by atoms with Crippen molar-refractivity contribution in [3.05, 3.63) is 70.7 Å². The van der Waals surface area contributed by atoms with Crippen molar-refractivity contribution in [1.29, 1.82) is 0 Å². The number of nitrogens with one attached hydrogen (secondary N) is 2. The zero-order chi connectivity index (χ0) is 19.2. The molecular formula is C20H20ClN3O3. The Labute approximate surface area is 162 Å². The molecule has 0 aromatic heterocycles. The zero-order valence-corrected chi connectivity index (χ0v) is 15.4. The van der Waals surface area contributed by atoms with E-state index in [0.717, 1.165) is 11.1 Å². The van der Waals surface area contributed by atoms with E-state index in [0.29, 0.717) is 18.1 Å². The number of carbonyl (C=O) groups excluding carboxylic acids is 3. The zero-order valence-electron chi connectivity index (χ0n) is 14.7. The molecule has 1 aliphatic rings. The van der Waals surface area contributed by atoms with Gasteiger partial charge in [-0.2, -0.15) is 0 Å². The minimum absolute atomic E-state index is 0.0634. The van der Waals surface area contributed by atoms with Crippen LogP contribution in [0.5, 0.6) is 0 Å². The standard InChI is InChI=1S/C20H20ClN3O3/c21-17-8-6-14(7-9-17)10-18(25)22-23-20(27)16-11-19(26)24(13-16)12-15-4-2-1-3-5-15/h1-9,16H,10-13H2,(H,22,25)(H,23,27). The number of hydrogen-bond donors (Lipinski definition) is 2. The van der Waals surface area contributed by atoms with Gasteiger partial charge in [-0.05, 0) is 23.3 Å². The van der Waals surface area contributed by atoms with Crippen molar-refractivity contribution in [2.45, 2.75) is 19.4 Å². The third kappa shape index (κ3) is 5.31. The summed E-state index contributed by atoms with van der Waals surface area (Å²) in [5.41, 5.74) is 6.62. The number of hydrazine groups is 1. The first-order valence-corrected chi connectivity index (χ1v) is 9.04. The number of halogens is 1. The highest BCUT2D eigenvalue weighted by Gasteiger charge is 2.34. The Bertz CT molecular complexity index is 824. The van der Waals surface area contributed by atoms with Crippen molar-refractivity contribution in [2.24, 2.45) is 5.92 Å². The van der Waals surface area contributed by atoms with Gasteiger partial charge in [0, 0.05) is 24.5 Å². The molecule has 2 aromatic carbocycles. The molecule has 1 atom stereocenters. The summed E-state index contributed by atoms with van der Waals surface area (Å²) in [5, 5.41) is 0.596. The van der Waals surface area contributed by atoms with Crippen LogP contribution in [0.3, 0.4) is 0 Å². The molecule has 1 aliphatic heterocycles. The van der Waals surface area contributed by atoms with Crippen LogP contribution in [0.4, 0.5) is 0 Å². The lowest BCUT2D eigenvalue weighted by atomic mass is 10.1. The van der Waals surface area contributed by atoms with Crippen molar-refractivity contribution in [3.63, 3.8) is 0 Å². The van der Waals surface area contributed by atoms with E-state index in [-0.39, 0.29) is 30.6 Å². The molecule has 140 valence electrons. The largest absolute Gasteiger partial charge is 0.338 e. The number of hydrogen-bond acceptors (Lipinski definition) is 3. The molecule has 1 heterocycles. The average Bonchev–Trinajstić information content (AvgIpc) is 3.03. The van der Waals surface area contributed by atoms with E-state index in [1.807, 2.05) is 30.3 Å². The molecule has 3 rings (SSSR count). The van der Waals surface area contributed by atoms with E-state index < -0.39 is 5.92 Å². The molecule has 2 N–H and O–H groups in total. The highest BCUT2D eigenvalue weighted by molar-refractivity contribution is 6.30. The van der Waals surface area contributed by atoms with E-state index in [1.54, 1.807) is 29.2 Å². The Morgan fingerprint density at radius 2 is 1.70 bits per heavy atom. The normalized spacial score (nSPS) is 16.3. The lowest BCUT2D eigenvalue weighted by molar-refractivity contribution is -0.131. The summed E-state index contributed by atoms with van der Waals surface area (Å²) in [6, 6.07) is 16.5. The summed E-state index contributed by atoms with van der Waals surface area (Å²) in [4.78, 5) is 38.0. The Balaban J connectivity index is 1.46. The number of rotatable bonds is 5. The first-order chi connectivity index (χ1) is 13.0. The second kappa shape index (κ2) is 8.68. The van der Waals surface area contributed by atoms with Crippen molar-refractivity contribution in [1.82, 2.24) is 15.8 Å². The molecule has 1 unspecified atom stereocenters. The van der Waals surface area contributed by atoms with Gasteiger partial charge in [0.25, 0.3) is 0 Å². The number of amides is 3. The van der Waals surface area contributed by atoms with Gasteiger partial charge in [-0.25, -0.2) is 0 Å². The quantitative estimate of drug-likeness (QED) is 0.773. The van der Waals surface area contributed by atoms with Gasteiger partial charge in [0.1, 0.15) is 0 Å². The van der Waals surface area contributed by atoms with Gasteiger partial charge in [0.15, 0.2) is 0 Å². The Morgan fingerprint density at radius 1 is 1.00 bits per heavy atom. The first kappa shape index (κ1) is 18.9. The van der Waals surface area contributed by atoms with Crippen LogP contribution in [0, 0.1) is 5.92 Å². The Morgan fingerprint density at radius 3 is 2.41 bits per heavy atom. The predicted molar refractivity (Wildman–Crippen MR) is 101 cm³/mol. The fourth-order valence-electron chi connectivity index (χ4n) is 2.97. The summed E-state index contributed by atoms with van der Waals surface area (Å²) in [5.74, 6) is -1.23. The predicted octanol–water partition coefficient (Wildman–Crippen LogP) is 2.08. The van der Waals surface area contributed by atoms with E-state index in [2.05, 4.69) is 10.9 Å². The van der Waals surface area contributed by atoms with Gasteiger partial charge < -0.3 is 4.90 Å². The van der Waals surface area contributed by atoms with Crippen LogP contribution in [0.1, 0.15) is 17.5 Å². The summed E-state index contributed by atoms with van der Waals surface area (Å²) in [7, 11) is 0. The summed E-state index contributed by atoms with van der Waals surface area (Å²) >= 11 is 5.81. The van der Waals surface area contributed by atoms with Gasteiger partial charge in [-0.3, -0.25) is 25.2 Å². The van der Waals surface area contributed by atoms with Crippen molar-refractivity contribution in [2.75, 3.05) is 6.54 Å². The molecule has 27 heavy (non-hydrogen) atoms. The van der Waals surface area contributed by atoms with Gasteiger partial charge in [0.2, 0.25) is 17.7 Å². The molecule has 3 amide bonds. The number of nitrogens with zero attached hydrogens (tertiary/aromatic N) is 1. The molecular weight excluding hydrogens is 366 g/mol. The lowest BCUT2D eigenvalue weighted by Gasteiger charge is -2.16. The minimum Gasteiger partial charge on any atom is -0.338 e. The number of carbonyl (C=O) groups is 3. The number of benzene rings is 2. The lowest BCUT2D eigenvalue weighted by Crippen LogP contribution is -2.45. The summed E-state index contributed by atoms with van der Waals surface area (Å²) in [6.07, 6.45) is 0.271. The molecule has 0 aliphatic carbocycles. The second-order valence-corrected chi connectivity index (χ2v) is 6.94. The van der Waals surface area contributed by atoms with Crippen LogP contribution < -0.4 is 10.9 Å². The average molecular weight is 386 g/mol. The first-order valence-electron chi connectivity index (χ1n) is 8.66. The van der Waals surface area contributed by atoms with Gasteiger partial charge >= 0.3 is 0 Å². The Hall–Kier alpha value is -2.86. The van der Waals surface area contributed by atoms with Crippen LogP contribution in [0.2, 0.25) is 5.02 Å². The molecule has 0 bridgehead atoms. The highest BCUT2D eigenvalue weighted by atomic mass is 35.5. The van der Waals surface area contributed by atoms with E-state index >= 15 is 0 Å². The molecule has 1 fully saturated rings. The third-order valence-corrected chi connectivity index (χ3v) is 4.66.